The van der Waals surface area contributed by atoms with E-state index in [1.165, 1.54) is 16.7 Å². The summed E-state index contributed by atoms with van der Waals surface area (Å²) >= 11 is 1.19. The molecular formula is C23H20N2O3S. The van der Waals surface area contributed by atoms with Gasteiger partial charge in [-0.15, -0.1) is 11.3 Å². The molecule has 2 aromatic carbocycles. The lowest BCUT2D eigenvalue weighted by atomic mass is 9.97. The van der Waals surface area contributed by atoms with Crippen molar-refractivity contribution in [1.29, 1.82) is 0 Å². The summed E-state index contributed by atoms with van der Waals surface area (Å²) in [6.45, 7) is 3.98. The first-order valence-corrected chi connectivity index (χ1v) is 10.2. The molecule has 0 atom stereocenters. The number of hydrogen-bond acceptors (Lipinski definition) is 4. The maximum Gasteiger partial charge on any atom is 0.337 e. The van der Waals surface area contributed by atoms with Crippen LogP contribution in [0.1, 0.15) is 53.1 Å². The molecule has 0 saturated carbocycles. The Labute approximate surface area is 171 Å². The van der Waals surface area contributed by atoms with Crippen molar-refractivity contribution in [3.63, 3.8) is 0 Å². The molecule has 146 valence electrons. The van der Waals surface area contributed by atoms with E-state index in [-0.39, 0.29) is 22.4 Å². The SMILES string of the molecule is CC(C)c1nc2scc(C(=O)O)c2c(=O)n1C(c1ccccc1)c1ccccc1. The van der Waals surface area contributed by atoms with Crippen LogP contribution in [0.25, 0.3) is 10.2 Å². The highest BCUT2D eigenvalue weighted by atomic mass is 32.1. The lowest BCUT2D eigenvalue weighted by Gasteiger charge is -2.25. The van der Waals surface area contributed by atoms with E-state index in [1.54, 1.807) is 4.57 Å². The predicted octanol–water partition coefficient (Wildman–Crippen LogP) is 4.92. The molecule has 0 aliphatic carbocycles. The fraction of sp³-hybridized carbons (Fsp3) is 0.174. The molecule has 29 heavy (non-hydrogen) atoms. The summed E-state index contributed by atoms with van der Waals surface area (Å²) in [6.07, 6.45) is 0. The van der Waals surface area contributed by atoms with Crippen molar-refractivity contribution >= 4 is 27.5 Å². The monoisotopic (exact) mass is 404 g/mol. The zero-order valence-corrected chi connectivity index (χ0v) is 16.9. The molecule has 1 N–H and O–H groups in total. The fourth-order valence-corrected chi connectivity index (χ4v) is 4.50. The van der Waals surface area contributed by atoms with Gasteiger partial charge in [-0.2, -0.15) is 0 Å². The minimum absolute atomic E-state index is 0.00595. The van der Waals surface area contributed by atoms with E-state index in [0.29, 0.717) is 10.7 Å². The van der Waals surface area contributed by atoms with Gasteiger partial charge in [-0.3, -0.25) is 9.36 Å². The summed E-state index contributed by atoms with van der Waals surface area (Å²) in [5, 5.41) is 11.2. The molecule has 6 heteroatoms. The third-order valence-electron chi connectivity index (χ3n) is 4.90. The average molecular weight is 404 g/mol. The van der Waals surface area contributed by atoms with Crippen LogP contribution >= 0.6 is 11.3 Å². The maximum atomic E-state index is 13.7. The number of aromatic nitrogens is 2. The highest BCUT2D eigenvalue weighted by molar-refractivity contribution is 7.17. The van der Waals surface area contributed by atoms with E-state index in [2.05, 4.69) is 0 Å². The second-order valence-corrected chi connectivity index (χ2v) is 8.02. The molecule has 4 rings (SSSR count). The van der Waals surface area contributed by atoms with Crippen LogP contribution < -0.4 is 5.56 Å². The number of rotatable bonds is 5. The van der Waals surface area contributed by atoms with Crippen molar-refractivity contribution in [2.45, 2.75) is 25.8 Å². The van der Waals surface area contributed by atoms with Crippen LogP contribution in [0.5, 0.6) is 0 Å². The quantitative estimate of drug-likeness (QED) is 0.513. The van der Waals surface area contributed by atoms with Crippen LogP contribution in [-0.2, 0) is 0 Å². The van der Waals surface area contributed by atoms with Gasteiger partial charge in [-0.05, 0) is 11.1 Å². The van der Waals surface area contributed by atoms with E-state index < -0.39 is 12.0 Å². The Kier molecular flexibility index (Phi) is 5.03. The Hall–Kier alpha value is -3.25. The first kappa shape index (κ1) is 19.1. The lowest BCUT2D eigenvalue weighted by Crippen LogP contribution is -2.31. The van der Waals surface area contributed by atoms with E-state index in [9.17, 15) is 14.7 Å². The van der Waals surface area contributed by atoms with Crippen molar-refractivity contribution in [3.8, 4) is 0 Å². The summed E-state index contributed by atoms with van der Waals surface area (Å²) in [7, 11) is 0. The largest absolute Gasteiger partial charge is 0.478 e. The van der Waals surface area contributed by atoms with Gasteiger partial charge >= 0.3 is 5.97 Å². The third-order valence-corrected chi connectivity index (χ3v) is 5.78. The minimum atomic E-state index is -1.12. The number of carbonyl (C=O) groups is 1. The topological polar surface area (TPSA) is 72.2 Å². The average Bonchev–Trinajstić information content (AvgIpc) is 3.16. The van der Waals surface area contributed by atoms with E-state index >= 15 is 0 Å². The molecule has 2 aromatic heterocycles. The molecule has 0 saturated heterocycles. The van der Waals surface area contributed by atoms with Gasteiger partial charge in [-0.25, -0.2) is 9.78 Å². The number of thiophene rings is 1. The smallest absolute Gasteiger partial charge is 0.337 e. The fourth-order valence-electron chi connectivity index (χ4n) is 3.59. The van der Waals surface area contributed by atoms with Gasteiger partial charge in [0, 0.05) is 11.3 Å². The summed E-state index contributed by atoms with van der Waals surface area (Å²) < 4.78 is 1.66. The van der Waals surface area contributed by atoms with Crippen LogP contribution in [0.15, 0.2) is 70.8 Å². The van der Waals surface area contributed by atoms with Crippen molar-refractivity contribution in [2.24, 2.45) is 0 Å². The van der Waals surface area contributed by atoms with E-state index in [1.807, 2.05) is 74.5 Å². The standard InChI is InChI=1S/C23H20N2O3S/c1-14(2)20-24-21-18(17(13-29-21)23(27)28)22(26)25(20)19(15-9-5-3-6-10-15)16-11-7-4-8-12-16/h3-14,19H,1-2H3,(H,27,28). The van der Waals surface area contributed by atoms with Gasteiger partial charge < -0.3 is 5.11 Å². The zero-order chi connectivity index (χ0) is 20.5. The predicted molar refractivity (Wildman–Crippen MR) is 115 cm³/mol. The van der Waals surface area contributed by atoms with Gasteiger partial charge in [0.1, 0.15) is 10.7 Å². The Balaban J connectivity index is 2.11. The lowest BCUT2D eigenvalue weighted by molar-refractivity contribution is 0.0699. The summed E-state index contributed by atoms with van der Waals surface area (Å²) in [5.74, 6) is -0.494. The highest BCUT2D eigenvalue weighted by Gasteiger charge is 2.26. The van der Waals surface area contributed by atoms with Gasteiger partial charge in [0.2, 0.25) is 0 Å². The number of carboxylic acid groups (broad SMARTS) is 1. The summed E-state index contributed by atoms with van der Waals surface area (Å²) in [6, 6.07) is 19.1. The van der Waals surface area contributed by atoms with Crippen molar-refractivity contribution in [3.05, 3.63) is 98.9 Å². The highest BCUT2D eigenvalue weighted by Crippen LogP contribution is 2.31. The van der Waals surface area contributed by atoms with Crippen LogP contribution in [0.2, 0.25) is 0 Å². The van der Waals surface area contributed by atoms with Crippen molar-refractivity contribution in [1.82, 2.24) is 9.55 Å². The molecule has 0 aliphatic heterocycles. The zero-order valence-electron chi connectivity index (χ0n) is 16.1. The van der Waals surface area contributed by atoms with E-state index in [0.717, 1.165) is 11.1 Å². The van der Waals surface area contributed by atoms with Crippen molar-refractivity contribution in [2.75, 3.05) is 0 Å². The first-order chi connectivity index (χ1) is 14.0. The second kappa shape index (κ2) is 7.64. The van der Waals surface area contributed by atoms with E-state index in [4.69, 9.17) is 4.98 Å². The molecule has 0 amide bonds. The molecule has 0 aliphatic rings. The number of benzene rings is 2. The maximum absolute atomic E-state index is 13.7. The summed E-state index contributed by atoms with van der Waals surface area (Å²) in [4.78, 5) is 30.6. The molecule has 0 bridgehead atoms. The Morgan fingerprint density at radius 1 is 1.00 bits per heavy atom. The van der Waals surface area contributed by atoms with Crippen LogP contribution in [0.3, 0.4) is 0 Å². The van der Waals surface area contributed by atoms with Gasteiger partial charge in [-0.1, -0.05) is 74.5 Å². The Bertz CT molecular complexity index is 1190. The number of nitrogens with zero attached hydrogens (tertiary/aromatic N) is 2. The molecule has 4 aromatic rings. The molecule has 2 heterocycles. The number of fused-ring (bicyclic) bond motifs is 1. The molecular weight excluding hydrogens is 384 g/mol. The van der Waals surface area contributed by atoms with Crippen molar-refractivity contribution < 1.29 is 9.90 Å². The van der Waals surface area contributed by atoms with Gasteiger partial charge in [0.15, 0.2) is 0 Å². The first-order valence-electron chi connectivity index (χ1n) is 9.36. The van der Waals surface area contributed by atoms with Crippen LogP contribution in [-0.4, -0.2) is 20.6 Å². The Morgan fingerprint density at radius 3 is 2.03 bits per heavy atom. The van der Waals surface area contributed by atoms with Crippen LogP contribution in [0, 0.1) is 0 Å². The molecule has 0 unspecified atom stereocenters. The second-order valence-electron chi connectivity index (χ2n) is 7.16. The summed E-state index contributed by atoms with van der Waals surface area (Å²) in [5.41, 5.74) is 1.56. The number of aromatic carboxylic acids is 1. The normalized spacial score (nSPS) is 11.4. The molecule has 5 nitrogen and oxygen atoms in total. The number of hydrogen-bond donors (Lipinski definition) is 1. The number of carboxylic acids is 1. The Morgan fingerprint density at radius 2 is 1.55 bits per heavy atom. The molecule has 0 fully saturated rings. The third kappa shape index (κ3) is 3.36. The minimum Gasteiger partial charge on any atom is -0.478 e. The molecule has 0 spiro atoms. The molecule has 0 radical (unpaired) electrons. The van der Waals surface area contributed by atoms with Gasteiger partial charge in [0.05, 0.1) is 17.0 Å². The van der Waals surface area contributed by atoms with Gasteiger partial charge in [0.25, 0.3) is 5.56 Å². The van der Waals surface area contributed by atoms with Crippen LogP contribution in [0.4, 0.5) is 0 Å².